The molecule has 0 aliphatic rings. The Morgan fingerprint density at radius 2 is 2.18 bits per heavy atom. The van der Waals surface area contributed by atoms with Crippen molar-refractivity contribution in [2.75, 3.05) is 18.0 Å². The van der Waals surface area contributed by atoms with Gasteiger partial charge in [0.25, 0.3) is 0 Å². The number of anilines is 1. The van der Waals surface area contributed by atoms with Crippen molar-refractivity contribution in [3.8, 4) is 0 Å². The number of carbonyl (C=O) groups is 1. The smallest absolute Gasteiger partial charge is 0.328 e. The molecule has 0 saturated heterocycles. The van der Waals surface area contributed by atoms with Crippen molar-refractivity contribution < 1.29 is 9.90 Å². The third kappa shape index (κ3) is 4.06. The number of carboxylic acids is 1. The van der Waals surface area contributed by atoms with E-state index >= 15 is 0 Å². The second-order valence-corrected chi connectivity index (χ2v) is 3.32. The standard InChI is InChI=1S/C12H15N3O2/c1-3-7-15(4-2)12-13-8-10(9-14-12)5-6-11(16)17/h3,5-6,8-9H,1,4,7H2,2H3,(H,16,17)/b6-5+. The van der Waals surface area contributed by atoms with Crippen LogP contribution >= 0.6 is 0 Å². The predicted octanol–water partition coefficient (Wildman–Crippen LogP) is 1.59. The van der Waals surface area contributed by atoms with Gasteiger partial charge in [0, 0.05) is 37.1 Å². The summed E-state index contributed by atoms with van der Waals surface area (Å²) in [5, 5.41) is 8.48. The highest BCUT2D eigenvalue weighted by molar-refractivity contribution is 5.85. The molecule has 0 fully saturated rings. The van der Waals surface area contributed by atoms with Gasteiger partial charge in [-0.3, -0.25) is 0 Å². The Balaban J connectivity index is 2.79. The number of hydrogen-bond acceptors (Lipinski definition) is 4. The zero-order valence-electron chi connectivity index (χ0n) is 9.71. The fourth-order valence-electron chi connectivity index (χ4n) is 1.26. The summed E-state index contributed by atoms with van der Waals surface area (Å²) >= 11 is 0. The van der Waals surface area contributed by atoms with Gasteiger partial charge in [-0.1, -0.05) is 6.08 Å². The first-order valence-corrected chi connectivity index (χ1v) is 5.26. The average molecular weight is 233 g/mol. The largest absolute Gasteiger partial charge is 0.478 e. The predicted molar refractivity (Wildman–Crippen MR) is 66.8 cm³/mol. The number of likely N-dealkylation sites (N-methyl/N-ethyl adjacent to an activating group) is 1. The van der Waals surface area contributed by atoms with Gasteiger partial charge < -0.3 is 10.0 Å². The van der Waals surface area contributed by atoms with E-state index in [0.717, 1.165) is 12.6 Å². The Morgan fingerprint density at radius 1 is 1.53 bits per heavy atom. The first-order chi connectivity index (χ1) is 8.17. The molecule has 0 saturated carbocycles. The highest BCUT2D eigenvalue weighted by Crippen LogP contribution is 2.07. The number of nitrogens with zero attached hydrogens (tertiary/aromatic N) is 3. The van der Waals surface area contributed by atoms with Crippen molar-refractivity contribution >= 4 is 18.0 Å². The van der Waals surface area contributed by atoms with Gasteiger partial charge in [0.2, 0.25) is 5.95 Å². The summed E-state index contributed by atoms with van der Waals surface area (Å²) in [4.78, 5) is 20.6. The van der Waals surface area contributed by atoms with Crippen LogP contribution in [0, 0.1) is 0 Å². The fourth-order valence-corrected chi connectivity index (χ4v) is 1.26. The minimum atomic E-state index is -0.990. The van der Waals surface area contributed by atoms with E-state index < -0.39 is 5.97 Å². The van der Waals surface area contributed by atoms with E-state index in [0.29, 0.717) is 18.1 Å². The quantitative estimate of drug-likeness (QED) is 0.597. The molecule has 1 heterocycles. The lowest BCUT2D eigenvalue weighted by atomic mass is 10.3. The van der Waals surface area contributed by atoms with Crippen molar-refractivity contribution in [2.45, 2.75) is 6.92 Å². The van der Waals surface area contributed by atoms with E-state index in [4.69, 9.17) is 5.11 Å². The van der Waals surface area contributed by atoms with Crippen LogP contribution in [0.3, 0.4) is 0 Å². The number of carboxylic acid groups (broad SMARTS) is 1. The van der Waals surface area contributed by atoms with Crippen molar-refractivity contribution in [1.29, 1.82) is 0 Å². The van der Waals surface area contributed by atoms with Crippen molar-refractivity contribution in [2.24, 2.45) is 0 Å². The van der Waals surface area contributed by atoms with E-state index in [-0.39, 0.29) is 0 Å². The Kier molecular flexibility index (Phi) is 4.87. The summed E-state index contributed by atoms with van der Waals surface area (Å²) in [5.74, 6) is -0.379. The molecule has 1 aromatic heterocycles. The molecule has 0 aliphatic heterocycles. The number of hydrogen-bond donors (Lipinski definition) is 1. The van der Waals surface area contributed by atoms with Gasteiger partial charge in [0.1, 0.15) is 0 Å². The lowest BCUT2D eigenvalue weighted by molar-refractivity contribution is -0.131. The highest BCUT2D eigenvalue weighted by atomic mass is 16.4. The summed E-state index contributed by atoms with van der Waals surface area (Å²) < 4.78 is 0. The molecular formula is C12H15N3O2. The molecule has 0 radical (unpaired) electrons. The van der Waals surface area contributed by atoms with E-state index in [1.165, 1.54) is 6.08 Å². The van der Waals surface area contributed by atoms with Crippen LogP contribution in [0.4, 0.5) is 5.95 Å². The molecule has 1 aromatic rings. The van der Waals surface area contributed by atoms with Gasteiger partial charge in [-0.2, -0.15) is 0 Å². The molecule has 0 bridgehead atoms. The molecule has 5 nitrogen and oxygen atoms in total. The van der Waals surface area contributed by atoms with Crippen LogP contribution in [0.5, 0.6) is 0 Å². The van der Waals surface area contributed by atoms with Crippen molar-refractivity contribution in [1.82, 2.24) is 9.97 Å². The van der Waals surface area contributed by atoms with Crippen molar-refractivity contribution in [3.63, 3.8) is 0 Å². The second-order valence-electron chi connectivity index (χ2n) is 3.32. The van der Waals surface area contributed by atoms with Gasteiger partial charge in [0.05, 0.1) is 0 Å². The molecule has 90 valence electrons. The van der Waals surface area contributed by atoms with E-state index in [1.54, 1.807) is 18.5 Å². The van der Waals surface area contributed by atoms with Gasteiger partial charge in [0.15, 0.2) is 0 Å². The lowest BCUT2D eigenvalue weighted by Gasteiger charge is -2.18. The fraction of sp³-hybridized carbons (Fsp3) is 0.250. The van der Waals surface area contributed by atoms with E-state index in [1.807, 2.05) is 11.8 Å². The highest BCUT2D eigenvalue weighted by Gasteiger charge is 2.04. The van der Waals surface area contributed by atoms with Gasteiger partial charge in [-0.25, -0.2) is 14.8 Å². The monoisotopic (exact) mass is 233 g/mol. The molecule has 17 heavy (non-hydrogen) atoms. The van der Waals surface area contributed by atoms with Crippen LogP contribution in [-0.4, -0.2) is 34.1 Å². The molecule has 5 heteroatoms. The Bertz CT molecular complexity index is 412. The van der Waals surface area contributed by atoms with Crippen LogP contribution in [0.2, 0.25) is 0 Å². The number of aliphatic carboxylic acids is 1. The molecule has 0 spiro atoms. The summed E-state index contributed by atoms with van der Waals surface area (Å²) in [5.41, 5.74) is 0.658. The third-order valence-electron chi connectivity index (χ3n) is 2.09. The summed E-state index contributed by atoms with van der Waals surface area (Å²) in [7, 11) is 0. The zero-order chi connectivity index (χ0) is 12.7. The van der Waals surface area contributed by atoms with E-state index in [9.17, 15) is 4.79 Å². The van der Waals surface area contributed by atoms with Crippen LogP contribution in [-0.2, 0) is 4.79 Å². The number of rotatable bonds is 6. The maximum absolute atomic E-state index is 10.3. The normalized spacial score (nSPS) is 10.4. The molecule has 1 rings (SSSR count). The summed E-state index contributed by atoms with van der Waals surface area (Å²) in [6.45, 7) is 7.14. The molecule has 0 amide bonds. The topological polar surface area (TPSA) is 66.3 Å². The minimum Gasteiger partial charge on any atom is -0.478 e. The number of aromatic nitrogens is 2. The Labute approximate surface area is 100 Å². The Morgan fingerprint density at radius 3 is 2.65 bits per heavy atom. The van der Waals surface area contributed by atoms with Crippen LogP contribution in [0.25, 0.3) is 6.08 Å². The second kappa shape index (κ2) is 6.42. The molecule has 0 atom stereocenters. The molecule has 0 aliphatic carbocycles. The van der Waals surface area contributed by atoms with Crippen LogP contribution < -0.4 is 4.90 Å². The SMILES string of the molecule is C=CCN(CC)c1ncc(/C=C/C(=O)O)cn1. The third-order valence-corrected chi connectivity index (χ3v) is 2.09. The zero-order valence-corrected chi connectivity index (χ0v) is 9.71. The van der Waals surface area contributed by atoms with Gasteiger partial charge >= 0.3 is 5.97 Å². The summed E-state index contributed by atoms with van der Waals surface area (Å²) in [6, 6.07) is 0. The molecule has 0 unspecified atom stereocenters. The molecular weight excluding hydrogens is 218 g/mol. The van der Waals surface area contributed by atoms with Gasteiger partial charge in [-0.05, 0) is 13.0 Å². The molecule has 0 aromatic carbocycles. The summed E-state index contributed by atoms with van der Waals surface area (Å²) in [6.07, 6.45) is 7.47. The van der Waals surface area contributed by atoms with Crippen molar-refractivity contribution in [3.05, 3.63) is 36.7 Å². The lowest BCUT2D eigenvalue weighted by Crippen LogP contribution is -2.24. The van der Waals surface area contributed by atoms with Crippen LogP contribution in [0.1, 0.15) is 12.5 Å². The first kappa shape index (κ1) is 12.9. The van der Waals surface area contributed by atoms with Crippen LogP contribution in [0.15, 0.2) is 31.1 Å². The average Bonchev–Trinajstić information content (AvgIpc) is 2.34. The first-order valence-electron chi connectivity index (χ1n) is 5.26. The molecule has 1 N–H and O–H groups in total. The Hall–Kier alpha value is -2.17. The van der Waals surface area contributed by atoms with Gasteiger partial charge in [-0.15, -0.1) is 6.58 Å². The maximum Gasteiger partial charge on any atom is 0.328 e. The minimum absolute atomic E-state index is 0.611. The van der Waals surface area contributed by atoms with E-state index in [2.05, 4.69) is 16.5 Å². The maximum atomic E-state index is 10.3.